The van der Waals surface area contributed by atoms with E-state index in [0.717, 1.165) is 25.6 Å². The number of rotatable bonds is 9. The SMILES string of the molecule is CCNC(=O)CCNCCCCC(C)C. The molecule has 0 heterocycles. The molecular weight excluding hydrogens is 188 g/mol. The Labute approximate surface area is 94.0 Å². The number of carbonyl (C=O) groups excluding carboxylic acids is 1. The van der Waals surface area contributed by atoms with E-state index < -0.39 is 0 Å². The van der Waals surface area contributed by atoms with Crippen molar-refractivity contribution < 1.29 is 4.79 Å². The van der Waals surface area contributed by atoms with E-state index in [1.54, 1.807) is 0 Å². The van der Waals surface area contributed by atoms with Gasteiger partial charge in [0, 0.05) is 19.5 Å². The third kappa shape index (κ3) is 11.4. The fourth-order valence-corrected chi connectivity index (χ4v) is 1.42. The fraction of sp³-hybridized carbons (Fsp3) is 0.917. The third-order valence-electron chi connectivity index (χ3n) is 2.29. The lowest BCUT2D eigenvalue weighted by Crippen LogP contribution is -2.27. The van der Waals surface area contributed by atoms with Crippen LogP contribution in [0.25, 0.3) is 0 Å². The summed E-state index contributed by atoms with van der Waals surface area (Å²) in [6.45, 7) is 9.01. The van der Waals surface area contributed by atoms with Crippen molar-refractivity contribution in [3.05, 3.63) is 0 Å². The highest BCUT2D eigenvalue weighted by atomic mass is 16.1. The first-order valence-electron chi connectivity index (χ1n) is 6.14. The first-order valence-corrected chi connectivity index (χ1v) is 6.14. The molecule has 3 heteroatoms. The minimum Gasteiger partial charge on any atom is -0.356 e. The quantitative estimate of drug-likeness (QED) is 0.576. The lowest BCUT2D eigenvalue weighted by molar-refractivity contribution is -0.120. The van der Waals surface area contributed by atoms with Gasteiger partial charge in [-0.3, -0.25) is 4.79 Å². The van der Waals surface area contributed by atoms with Crippen molar-refractivity contribution in [3.63, 3.8) is 0 Å². The molecule has 15 heavy (non-hydrogen) atoms. The molecule has 90 valence electrons. The minimum atomic E-state index is 0.146. The fourth-order valence-electron chi connectivity index (χ4n) is 1.42. The summed E-state index contributed by atoms with van der Waals surface area (Å²) in [5.41, 5.74) is 0. The van der Waals surface area contributed by atoms with Crippen molar-refractivity contribution >= 4 is 5.91 Å². The molecule has 0 saturated heterocycles. The molecule has 0 spiro atoms. The van der Waals surface area contributed by atoms with Crippen molar-refractivity contribution in [1.82, 2.24) is 10.6 Å². The van der Waals surface area contributed by atoms with Crippen LogP contribution in [0.4, 0.5) is 0 Å². The topological polar surface area (TPSA) is 41.1 Å². The van der Waals surface area contributed by atoms with Crippen LogP contribution in [0.2, 0.25) is 0 Å². The molecule has 0 saturated carbocycles. The van der Waals surface area contributed by atoms with Crippen LogP contribution in [0.3, 0.4) is 0 Å². The van der Waals surface area contributed by atoms with Crippen molar-refractivity contribution in [2.45, 2.75) is 46.5 Å². The summed E-state index contributed by atoms with van der Waals surface area (Å²) in [4.78, 5) is 11.1. The Morgan fingerprint density at radius 1 is 1.20 bits per heavy atom. The number of hydrogen-bond acceptors (Lipinski definition) is 2. The molecule has 2 N–H and O–H groups in total. The molecule has 0 aromatic rings. The summed E-state index contributed by atoms with van der Waals surface area (Å²) in [5.74, 6) is 0.951. The Balaban J connectivity index is 3.08. The molecule has 0 atom stereocenters. The van der Waals surface area contributed by atoms with Gasteiger partial charge >= 0.3 is 0 Å². The van der Waals surface area contributed by atoms with E-state index in [-0.39, 0.29) is 5.91 Å². The van der Waals surface area contributed by atoms with Crippen LogP contribution >= 0.6 is 0 Å². The highest BCUT2D eigenvalue weighted by Gasteiger charge is 1.98. The molecule has 3 nitrogen and oxygen atoms in total. The van der Waals surface area contributed by atoms with Crippen LogP contribution < -0.4 is 10.6 Å². The number of amides is 1. The largest absolute Gasteiger partial charge is 0.356 e. The zero-order chi connectivity index (χ0) is 11.5. The maximum Gasteiger partial charge on any atom is 0.221 e. The second kappa shape index (κ2) is 9.97. The maximum atomic E-state index is 11.1. The van der Waals surface area contributed by atoms with E-state index in [2.05, 4.69) is 24.5 Å². The van der Waals surface area contributed by atoms with Gasteiger partial charge in [-0.15, -0.1) is 0 Å². The zero-order valence-electron chi connectivity index (χ0n) is 10.4. The zero-order valence-corrected chi connectivity index (χ0v) is 10.4. The van der Waals surface area contributed by atoms with Gasteiger partial charge in [0.1, 0.15) is 0 Å². The van der Waals surface area contributed by atoms with Crippen LogP contribution in [0, 0.1) is 5.92 Å². The minimum absolute atomic E-state index is 0.146. The highest BCUT2D eigenvalue weighted by Crippen LogP contribution is 2.04. The molecule has 0 unspecified atom stereocenters. The monoisotopic (exact) mass is 214 g/mol. The standard InChI is InChI=1S/C12H26N2O/c1-4-14-12(15)8-10-13-9-6-5-7-11(2)3/h11,13H,4-10H2,1-3H3,(H,14,15). The molecule has 1 amide bonds. The van der Waals surface area contributed by atoms with Crippen molar-refractivity contribution in [2.75, 3.05) is 19.6 Å². The van der Waals surface area contributed by atoms with E-state index in [9.17, 15) is 4.79 Å². The normalized spacial score (nSPS) is 10.7. The Kier molecular flexibility index (Phi) is 9.59. The third-order valence-corrected chi connectivity index (χ3v) is 2.29. The van der Waals surface area contributed by atoms with Gasteiger partial charge in [0.25, 0.3) is 0 Å². The predicted molar refractivity (Wildman–Crippen MR) is 64.9 cm³/mol. The van der Waals surface area contributed by atoms with Gasteiger partial charge in [0.15, 0.2) is 0 Å². The van der Waals surface area contributed by atoms with Gasteiger partial charge in [-0.05, 0) is 25.8 Å². The van der Waals surface area contributed by atoms with E-state index >= 15 is 0 Å². The first-order chi connectivity index (χ1) is 7.16. The van der Waals surface area contributed by atoms with Gasteiger partial charge in [-0.25, -0.2) is 0 Å². The predicted octanol–water partition coefficient (Wildman–Crippen LogP) is 1.93. The first kappa shape index (κ1) is 14.4. The van der Waals surface area contributed by atoms with Crippen LogP contribution in [-0.4, -0.2) is 25.5 Å². The molecule has 0 rings (SSSR count). The van der Waals surface area contributed by atoms with Crippen LogP contribution in [0.15, 0.2) is 0 Å². The van der Waals surface area contributed by atoms with Gasteiger partial charge in [-0.1, -0.05) is 26.7 Å². The van der Waals surface area contributed by atoms with E-state index in [1.807, 2.05) is 6.92 Å². The van der Waals surface area contributed by atoms with Crippen molar-refractivity contribution in [2.24, 2.45) is 5.92 Å². The average molecular weight is 214 g/mol. The van der Waals surface area contributed by atoms with E-state index in [1.165, 1.54) is 19.3 Å². The van der Waals surface area contributed by atoms with Crippen LogP contribution in [0.1, 0.15) is 46.5 Å². The van der Waals surface area contributed by atoms with E-state index in [0.29, 0.717) is 6.42 Å². The summed E-state index contributed by atoms with van der Waals surface area (Å²) >= 11 is 0. The molecule has 0 aliphatic heterocycles. The number of unbranched alkanes of at least 4 members (excludes halogenated alkanes) is 1. The highest BCUT2D eigenvalue weighted by molar-refractivity contribution is 5.75. The number of nitrogens with one attached hydrogen (secondary N) is 2. The summed E-state index contributed by atoms with van der Waals surface area (Å²) in [5, 5.41) is 6.07. The van der Waals surface area contributed by atoms with Gasteiger partial charge in [0.2, 0.25) is 5.91 Å². The molecule has 0 aromatic carbocycles. The lowest BCUT2D eigenvalue weighted by Gasteiger charge is -2.06. The smallest absolute Gasteiger partial charge is 0.221 e. The van der Waals surface area contributed by atoms with Gasteiger partial charge < -0.3 is 10.6 Å². The summed E-state index contributed by atoms with van der Waals surface area (Å²) in [6.07, 6.45) is 4.40. The Morgan fingerprint density at radius 2 is 1.93 bits per heavy atom. The second-order valence-electron chi connectivity index (χ2n) is 4.34. The Morgan fingerprint density at radius 3 is 2.53 bits per heavy atom. The Hall–Kier alpha value is -0.570. The van der Waals surface area contributed by atoms with Crippen LogP contribution in [0.5, 0.6) is 0 Å². The lowest BCUT2D eigenvalue weighted by atomic mass is 10.1. The van der Waals surface area contributed by atoms with E-state index in [4.69, 9.17) is 0 Å². The summed E-state index contributed by atoms with van der Waals surface area (Å²) < 4.78 is 0. The second-order valence-corrected chi connectivity index (χ2v) is 4.34. The van der Waals surface area contributed by atoms with Gasteiger partial charge in [0.05, 0.1) is 0 Å². The molecule has 0 aromatic heterocycles. The Bertz CT molecular complexity index is 158. The van der Waals surface area contributed by atoms with Gasteiger partial charge in [-0.2, -0.15) is 0 Å². The summed E-state index contributed by atoms with van der Waals surface area (Å²) in [7, 11) is 0. The number of hydrogen-bond donors (Lipinski definition) is 2. The molecule has 0 radical (unpaired) electrons. The molecule has 0 fully saturated rings. The molecular formula is C12H26N2O. The molecule has 0 aliphatic rings. The van der Waals surface area contributed by atoms with Crippen LogP contribution in [-0.2, 0) is 4.79 Å². The average Bonchev–Trinajstić information content (AvgIpc) is 2.16. The summed E-state index contributed by atoms with van der Waals surface area (Å²) in [6, 6.07) is 0. The molecule has 0 aliphatic carbocycles. The number of carbonyl (C=O) groups is 1. The van der Waals surface area contributed by atoms with Crippen molar-refractivity contribution in [1.29, 1.82) is 0 Å². The van der Waals surface area contributed by atoms with Crippen molar-refractivity contribution in [3.8, 4) is 0 Å². The molecule has 0 bridgehead atoms. The maximum absolute atomic E-state index is 11.1.